The number of benzene rings is 2. The Morgan fingerprint density at radius 1 is 1.12 bits per heavy atom. The first-order valence-electron chi connectivity index (χ1n) is 8.68. The van der Waals surface area contributed by atoms with E-state index in [2.05, 4.69) is 10.1 Å². The van der Waals surface area contributed by atoms with E-state index in [1.807, 2.05) is 42.5 Å². The van der Waals surface area contributed by atoms with Crippen LogP contribution < -0.4 is 0 Å². The largest absolute Gasteiger partial charge is 0.391 e. The Morgan fingerprint density at radius 3 is 2.69 bits per heavy atom. The van der Waals surface area contributed by atoms with Gasteiger partial charge in [0.15, 0.2) is 0 Å². The van der Waals surface area contributed by atoms with Gasteiger partial charge in [-0.15, -0.1) is 0 Å². The number of carbonyl (C=O) groups is 1. The number of amides is 1. The number of aliphatic hydroxyl groups is 1. The number of nitrogens with zero attached hydrogens (tertiary/aromatic N) is 3. The summed E-state index contributed by atoms with van der Waals surface area (Å²) in [4.78, 5) is 19.1. The molecule has 1 saturated heterocycles. The maximum Gasteiger partial charge on any atom is 0.259 e. The van der Waals surface area contributed by atoms with Crippen LogP contribution in [-0.2, 0) is 0 Å². The summed E-state index contributed by atoms with van der Waals surface area (Å²) in [5.41, 5.74) is 1.96. The van der Waals surface area contributed by atoms with Crippen LogP contribution in [0.5, 0.6) is 0 Å². The second kappa shape index (κ2) is 7.09. The van der Waals surface area contributed by atoms with Crippen LogP contribution in [0.15, 0.2) is 59.1 Å². The lowest BCUT2D eigenvalue weighted by molar-refractivity contribution is 0.0474. The highest BCUT2D eigenvalue weighted by Crippen LogP contribution is 2.26. The summed E-state index contributed by atoms with van der Waals surface area (Å²) in [6.45, 7) is 0.996. The molecule has 1 atom stereocenters. The van der Waals surface area contributed by atoms with E-state index >= 15 is 0 Å². The molecule has 6 heteroatoms. The molecule has 0 bridgehead atoms. The first kappa shape index (κ1) is 16.5. The van der Waals surface area contributed by atoms with Crippen molar-refractivity contribution in [3.8, 4) is 22.8 Å². The van der Waals surface area contributed by atoms with Gasteiger partial charge < -0.3 is 14.5 Å². The number of carbonyl (C=O) groups excluding carboxylic acids is 1. The average Bonchev–Trinajstić information content (AvgIpc) is 3.18. The van der Waals surface area contributed by atoms with Crippen molar-refractivity contribution >= 4 is 5.91 Å². The van der Waals surface area contributed by atoms with Gasteiger partial charge >= 0.3 is 0 Å². The Labute approximate surface area is 151 Å². The summed E-state index contributed by atoms with van der Waals surface area (Å²) < 4.78 is 5.42. The predicted octanol–water partition coefficient (Wildman–Crippen LogP) is 3.00. The van der Waals surface area contributed by atoms with Crippen LogP contribution in [0.1, 0.15) is 23.2 Å². The van der Waals surface area contributed by atoms with Gasteiger partial charge in [0.1, 0.15) is 0 Å². The Balaban J connectivity index is 1.66. The van der Waals surface area contributed by atoms with Crippen LogP contribution in [-0.4, -0.2) is 45.2 Å². The highest BCUT2D eigenvalue weighted by atomic mass is 16.5. The monoisotopic (exact) mass is 349 g/mol. The van der Waals surface area contributed by atoms with Crippen LogP contribution >= 0.6 is 0 Å². The Hall–Kier alpha value is -2.99. The van der Waals surface area contributed by atoms with Gasteiger partial charge in [-0.2, -0.15) is 4.98 Å². The molecule has 0 saturated carbocycles. The van der Waals surface area contributed by atoms with Crippen LogP contribution in [0.3, 0.4) is 0 Å². The van der Waals surface area contributed by atoms with Crippen molar-refractivity contribution in [2.45, 2.75) is 18.9 Å². The Bertz CT molecular complexity index is 907. The average molecular weight is 349 g/mol. The quantitative estimate of drug-likeness (QED) is 0.786. The minimum atomic E-state index is -0.465. The number of rotatable bonds is 3. The summed E-state index contributed by atoms with van der Waals surface area (Å²) in [6, 6.07) is 16.7. The van der Waals surface area contributed by atoms with E-state index in [-0.39, 0.29) is 5.91 Å². The molecular weight excluding hydrogens is 330 g/mol. The van der Waals surface area contributed by atoms with Gasteiger partial charge in [-0.1, -0.05) is 47.6 Å². The Morgan fingerprint density at radius 2 is 1.88 bits per heavy atom. The molecule has 1 aliphatic rings. The summed E-state index contributed by atoms with van der Waals surface area (Å²) in [5.74, 6) is 0.667. The second-order valence-corrected chi connectivity index (χ2v) is 6.38. The number of hydrogen-bond donors (Lipinski definition) is 1. The third-order valence-electron chi connectivity index (χ3n) is 4.53. The van der Waals surface area contributed by atoms with Crippen molar-refractivity contribution < 1.29 is 14.4 Å². The van der Waals surface area contributed by atoms with E-state index in [9.17, 15) is 9.90 Å². The molecule has 3 aromatic rings. The molecule has 26 heavy (non-hydrogen) atoms. The fourth-order valence-corrected chi connectivity index (χ4v) is 3.20. The first-order valence-corrected chi connectivity index (χ1v) is 8.68. The van der Waals surface area contributed by atoms with E-state index in [4.69, 9.17) is 4.52 Å². The molecule has 1 aliphatic heterocycles. The molecule has 4 rings (SSSR count). The van der Waals surface area contributed by atoms with Crippen molar-refractivity contribution in [3.63, 3.8) is 0 Å². The lowest BCUT2D eigenvalue weighted by atomic mass is 10.0. The van der Waals surface area contributed by atoms with Crippen molar-refractivity contribution in [1.82, 2.24) is 15.0 Å². The number of aliphatic hydroxyl groups excluding tert-OH is 1. The van der Waals surface area contributed by atoms with E-state index in [0.717, 1.165) is 18.4 Å². The highest BCUT2D eigenvalue weighted by molar-refractivity contribution is 6.00. The molecule has 2 aromatic carbocycles. The number of hydrogen-bond acceptors (Lipinski definition) is 5. The molecule has 6 nitrogen and oxygen atoms in total. The van der Waals surface area contributed by atoms with Crippen LogP contribution in [0.4, 0.5) is 0 Å². The van der Waals surface area contributed by atoms with Gasteiger partial charge in [0.2, 0.25) is 5.82 Å². The lowest BCUT2D eigenvalue weighted by Gasteiger charge is -2.30. The lowest BCUT2D eigenvalue weighted by Crippen LogP contribution is -2.42. The van der Waals surface area contributed by atoms with E-state index in [1.54, 1.807) is 17.0 Å². The number of likely N-dealkylation sites (tertiary alicyclic amines) is 1. The van der Waals surface area contributed by atoms with Crippen LogP contribution in [0, 0.1) is 0 Å². The molecule has 0 unspecified atom stereocenters. The molecule has 132 valence electrons. The molecule has 0 radical (unpaired) electrons. The van der Waals surface area contributed by atoms with Gasteiger partial charge in [0, 0.05) is 18.7 Å². The fourth-order valence-electron chi connectivity index (χ4n) is 3.20. The summed E-state index contributed by atoms with van der Waals surface area (Å²) in [5, 5.41) is 13.9. The molecule has 1 amide bonds. The number of piperidine rings is 1. The number of β-amino-alcohol motifs (C(OH)–C–C–N with tert-alkyl or cyclic N) is 1. The zero-order chi connectivity index (χ0) is 17.9. The normalized spacial score (nSPS) is 17.3. The van der Waals surface area contributed by atoms with E-state index in [0.29, 0.717) is 35.9 Å². The number of aromatic nitrogens is 2. The van der Waals surface area contributed by atoms with Gasteiger partial charge in [-0.3, -0.25) is 4.79 Å². The zero-order valence-electron chi connectivity index (χ0n) is 14.2. The molecule has 1 N–H and O–H groups in total. The van der Waals surface area contributed by atoms with E-state index < -0.39 is 6.10 Å². The van der Waals surface area contributed by atoms with Crippen LogP contribution in [0.25, 0.3) is 22.8 Å². The fraction of sp³-hybridized carbons (Fsp3) is 0.250. The smallest absolute Gasteiger partial charge is 0.259 e. The molecule has 0 spiro atoms. The minimum Gasteiger partial charge on any atom is -0.391 e. The topological polar surface area (TPSA) is 79.5 Å². The molecule has 0 aliphatic carbocycles. The summed E-state index contributed by atoms with van der Waals surface area (Å²) >= 11 is 0. The van der Waals surface area contributed by atoms with Crippen molar-refractivity contribution in [2.75, 3.05) is 13.1 Å². The van der Waals surface area contributed by atoms with Crippen LogP contribution in [0.2, 0.25) is 0 Å². The summed E-state index contributed by atoms with van der Waals surface area (Å²) in [7, 11) is 0. The summed E-state index contributed by atoms with van der Waals surface area (Å²) in [6.07, 6.45) is 1.07. The maximum atomic E-state index is 12.9. The standard InChI is InChI=1S/C20H19N3O3/c24-15-9-6-12-23(13-15)20(25)17-11-5-4-10-16(17)19-21-18(22-26-19)14-7-2-1-3-8-14/h1-5,7-8,10-11,15,24H,6,9,12-13H2/t15-/m0/s1. The maximum absolute atomic E-state index is 12.9. The highest BCUT2D eigenvalue weighted by Gasteiger charge is 2.26. The third kappa shape index (κ3) is 3.23. The van der Waals surface area contributed by atoms with Crippen molar-refractivity contribution in [2.24, 2.45) is 0 Å². The van der Waals surface area contributed by atoms with Gasteiger partial charge in [-0.25, -0.2) is 0 Å². The third-order valence-corrected chi connectivity index (χ3v) is 4.53. The molecule has 2 heterocycles. The Kier molecular flexibility index (Phi) is 4.50. The minimum absolute atomic E-state index is 0.126. The molecule has 1 fully saturated rings. The van der Waals surface area contributed by atoms with Crippen molar-refractivity contribution in [3.05, 3.63) is 60.2 Å². The first-order chi connectivity index (χ1) is 12.7. The molecular formula is C20H19N3O3. The second-order valence-electron chi connectivity index (χ2n) is 6.38. The zero-order valence-corrected chi connectivity index (χ0v) is 14.2. The predicted molar refractivity (Wildman–Crippen MR) is 96.3 cm³/mol. The van der Waals surface area contributed by atoms with Gasteiger partial charge in [0.25, 0.3) is 11.8 Å². The van der Waals surface area contributed by atoms with Gasteiger partial charge in [-0.05, 0) is 25.0 Å². The van der Waals surface area contributed by atoms with Gasteiger partial charge in [0.05, 0.1) is 17.2 Å². The van der Waals surface area contributed by atoms with Crippen molar-refractivity contribution in [1.29, 1.82) is 0 Å². The van der Waals surface area contributed by atoms with E-state index in [1.165, 1.54) is 0 Å². The molecule has 1 aromatic heterocycles. The SMILES string of the molecule is O=C(c1ccccc1-c1nc(-c2ccccc2)no1)N1CCC[C@H](O)C1.